The number of nitrogens with one attached hydrogen (secondary N) is 1. The van der Waals surface area contributed by atoms with Crippen LogP contribution in [0.3, 0.4) is 0 Å². The summed E-state index contributed by atoms with van der Waals surface area (Å²) in [4.78, 5) is 4.05. The highest BCUT2D eigenvalue weighted by Gasteiger charge is 2.22. The van der Waals surface area contributed by atoms with Gasteiger partial charge in [-0.3, -0.25) is 5.41 Å². The third kappa shape index (κ3) is 6.33. The molecule has 6 heteroatoms. The molecule has 0 aliphatic heterocycles. The maximum Gasteiger partial charge on any atom is 0.158 e. The number of alkyl halides is 1. The number of nitrogens with zero attached hydrogens (tertiary/aromatic N) is 2. The summed E-state index contributed by atoms with van der Waals surface area (Å²) >= 11 is 1.89. The molecule has 0 amide bonds. The number of benzene rings is 1. The molecule has 0 spiro atoms. The molecule has 1 aliphatic rings. The molecule has 0 aromatic heterocycles. The molecule has 2 atom stereocenters. The van der Waals surface area contributed by atoms with E-state index in [4.69, 9.17) is 5.41 Å². The highest BCUT2D eigenvalue weighted by atomic mass is 32.2. The van der Waals surface area contributed by atoms with E-state index in [9.17, 15) is 4.39 Å². The van der Waals surface area contributed by atoms with Gasteiger partial charge in [-0.2, -0.15) is 0 Å². The predicted octanol–water partition coefficient (Wildman–Crippen LogP) is 4.52. The van der Waals surface area contributed by atoms with Crippen molar-refractivity contribution in [2.75, 3.05) is 12.8 Å². The quantitative estimate of drug-likeness (QED) is 0.339. The zero-order chi connectivity index (χ0) is 17.0. The van der Waals surface area contributed by atoms with Crippen LogP contribution < -0.4 is 0 Å². The summed E-state index contributed by atoms with van der Waals surface area (Å²) in [6.07, 6.45) is 2.76. The van der Waals surface area contributed by atoms with Crippen LogP contribution in [-0.2, 0) is 6.54 Å². The standard InChI is InChI=1S/C17H25FN3PS/c1-12(17(2,18)22)20-16(19)15-8-6-13(7-9-15)10-21(3)23-11-14-4-5-14/h6-9,14,19H,4-5,10-11,22H2,1-3H3/t17-/m1/s1. The fourth-order valence-electron chi connectivity index (χ4n) is 1.93. The first-order valence-corrected chi connectivity index (χ1v) is 9.33. The van der Waals surface area contributed by atoms with Crippen molar-refractivity contribution in [2.24, 2.45) is 10.9 Å². The Kier molecular flexibility index (Phi) is 6.35. The molecule has 1 fully saturated rings. The molecule has 1 unspecified atom stereocenters. The minimum atomic E-state index is -1.58. The van der Waals surface area contributed by atoms with Crippen LogP contribution in [0.2, 0.25) is 0 Å². The average Bonchev–Trinajstić information content (AvgIpc) is 3.29. The van der Waals surface area contributed by atoms with E-state index in [2.05, 4.69) is 25.6 Å². The topological polar surface area (TPSA) is 39.5 Å². The van der Waals surface area contributed by atoms with Crippen LogP contribution in [0.5, 0.6) is 0 Å². The first kappa shape index (κ1) is 18.6. The van der Waals surface area contributed by atoms with Crippen molar-refractivity contribution in [3.8, 4) is 0 Å². The Morgan fingerprint density at radius 2 is 2.04 bits per heavy atom. The lowest BCUT2D eigenvalue weighted by Gasteiger charge is -2.16. The maximum atomic E-state index is 13.7. The van der Waals surface area contributed by atoms with Gasteiger partial charge in [0.2, 0.25) is 0 Å². The van der Waals surface area contributed by atoms with Crippen molar-refractivity contribution in [1.82, 2.24) is 4.31 Å². The number of hydrogen-bond donors (Lipinski definition) is 1. The highest BCUT2D eigenvalue weighted by Crippen LogP contribution is 2.33. The van der Waals surface area contributed by atoms with Crippen LogP contribution in [0, 0.1) is 11.3 Å². The number of amidine groups is 1. The molecule has 0 radical (unpaired) electrons. The van der Waals surface area contributed by atoms with E-state index in [1.54, 1.807) is 6.92 Å². The Morgan fingerprint density at radius 1 is 1.43 bits per heavy atom. The Labute approximate surface area is 145 Å². The zero-order valence-corrected chi connectivity index (χ0v) is 15.9. The normalized spacial score (nSPS) is 18.1. The third-order valence-corrected chi connectivity index (χ3v) is 5.46. The van der Waals surface area contributed by atoms with E-state index in [0.29, 0.717) is 5.56 Å². The average molecular weight is 353 g/mol. The van der Waals surface area contributed by atoms with E-state index in [-0.39, 0.29) is 11.5 Å². The van der Waals surface area contributed by atoms with Crippen LogP contribution in [0.25, 0.3) is 0 Å². The molecule has 0 saturated heterocycles. The van der Waals surface area contributed by atoms with Crippen LogP contribution in [0.1, 0.15) is 37.8 Å². The lowest BCUT2D eigenvalue weighted by Crippen LogP contribution is -2.20. The summed E-state index contributed by atoms with van der Waals surface area (Å²) in [5.74, 6) is 2.23. The largest absolute Gasteiger partial charge is 0.282 e. The van der Waals surface area contributed by atoms with E-state index in [0.717, 1.165) is 12.5 Å². The van der Waals surface area contributed by atoms with Gasteiger partial charge < -0.3 is 0 Å². The van der Waals surface area contributed by atoms with Gasteiger partial charge in [0.25, 0.3) is 0 Å². The molecule has 1 aromatic rings. The lowest BCUT2D eigenvalue weighted by atomic mass is 10.1. The second-order valence-electron chi connectivity index (χ2n) is 6.34. The van der Waals surface area contributed by atoms with Gasteiger partial charge in [0, 0.05) is 17.9 Å². The van der Waals surface area contributed by atoms with Crippen molar-refractivity contribution in [3.05, 3.63) is 35.4 Å². The zero-order valence-electron chi connectivity index (χ0n) is 14.0. The predicted molar refractivity (Wildman–Crippen MR) is 102 cm³/mol. The molecule has 1 aromatic carbocycles. The second-order valence-corrected chi connectivity index (χ2v) is 8.64. The summed E-state index contributed by atoms with van der Waals surface area (Å²) in [5.41, 5.74) is 2.19. The SMILES string of the molecule is CC(=NC(=N)c1ccc(CN(C)SCC2CC2)cc1)[C@](C)(F)P. The van der Waals surface area contributed by atoms with Crippen LogP contribution in [-0.4, -0.2) is 34.1 Å². The first-order valence-electron chi connectivity index (χ1n) is 7.81. The lowest BCUT2D eigenvalue weighted by molar-refractivity contribution is 0.410. The molecule has 2 rings (SSSR count). The molecule has 1 aliphatic carbocycles. The van der Waals surface area contributed by atoms with Crippen LogP contribution >= 0.6 is 21.2 Å². The summed E-state index contributed by atoms with van der Waals surface area (Å²) in [6, 6.07) is 7.79. The molecule has 1 N–H and O–H groups in total. The number of hydrogen-bond acceptors (Lipinski definition) is 3. The fraction of sp³-hybridized carbons (Fsp3) is 0.529. The summed E-state index contributed by atoms with van der Waals surface area (Å²) in [5, 5.41) is 6.42. The van der Waals surface area contributed by atoms with Gasteiger partial charge in [0.15, 0.2) is 11.2 Å². The minimum absolute atomic E-state index is 0.0943. The first-order chi connectivity index (χ1) is 10.8. The van der Waals surface area contributed by atoms with Crippen molar-refractivity contribution in [1.29, 1.82) is 5.41 Å². The Morgan fingerprint density at radius 3 is 2.57 bits per heavy atom. The molecular weight excluding hydrogens is 328 g/mol. The van der Waals surface area contributed by atoms with E-state index in [1.807, 2.05) is 36.2 Å². The van der Waals surface area contributed by atoms with Crippen LogP contribution in [0.4, 0.5) is 4.39 Å². The fourth-order valence-corrected chi connectivity index (χ4v) is 3.03. The molecule has 23 heavy (non-hydrogen) atoms. The van der Waals surface area contributed by atoms with E-state index in [1.165, 1.54) is 31.1 Å². The molecule has 3 nitrogen and oxygen atoms in total. The van der Waals surface area contributed by atoms with Gasteiger partial charge in [0.1, 0.15) is 0 Å². The number of halogens is 1. The third-order valence-electron chi connectivity index (χ3n) is 3.85. The molecule has 126 valence electrons. The van der Waals surface area contributed by atoms with Crippen molar-refractivity contribution in [2.45, 2.75) is 38.6 Å². The number of aliphatic imine (C=N–C) groups is 1. The number of rotatable bonds is 7. The smallest absolute Gasteiger partial charge is 0.158 e. The van der Waals surface area contributed by atoms with Crippen molar-refractivity contribution in [3.63, 3.8) is 0 Å². The molecular formula is C17H25FN3PS. The highest BCUT2D eigenvalue weighted by molar-refractivity contribution is 7.96. The van der Waals surface area contributed by atoms with Crippen molar-refractivity contribution < 1.29 is 4.39 Å². The molecule has 0 heterocycles. The Bertz CT molecular complexity index is 576. The Hall–Kier alpha value is -0.770. The monoisotopic (exact) mass is 353 g/mol. The van der Waals surface area contributed by atoms with Gasteiger partial charge in [-0.25, -0.2) is 13.7 Å². The second kappa shape index (κ2) is 7.87. The van der Waals surface area contributed by atoms with Crippen LogP contribution in [0.15, 0.2) is 29.3 Å². The summed E-state index contributed by atoms with van der Waals surface area (Å²) < 4.78 is 16.0. The van der Waals surface area contributed by atoms with E-state index >= 15 is 0 Å². The maximum absolute atomic E-state index is 13.7. The van der Waals surface area contributed by atoms with Gasteiger partial charge in [0.05, 0.1) is 5.71 Å². The summed E-state index contributed by atoms with van der Waals surface area (Å²) in [6.45, 7) is 3.89. The summed E-state index contributed by atoms with van der Waals surface area (Å²) in [7, 11) is 4.21. The Balaban J connectivity index is 1.91. The molecule has 1 saturated carbocycles. The van der Waals surface area contributed by atoms with Gasteiger partial charge in [-0.15, -0.1) is 0 Å². The minimum Gasteiger partial charge on any atom is -0.282 e. The van der Waals surface area contributed by atoms with Gasteiger partial charge >= 0.3 is 0 Å². The van der Waals surface area contributed by atoms with E-state index < -0.39 is 5.41 Å². The molecule has 0 bridgehead atoms. The van der Waals surface area contributed by atoms with Crippen molar-refractivity contribution >= 4 is 32.7 Å². The van der Waals surface area contributed by atoms with Gasteiger partial charge in [-0.05, 0) is 45.2 Å². The van der Waals surface area contributed by atoms with Gasteiger partial charge in [-0.1, -0.05) is 45.5 Å².